The van der Waals surface area contributed by atoms with Crippen LogP contribution in [0.15, 0.2) is 60.7 Å². The average Bonchev–Trinajstić information content (AvgIpc) is 3.41. The molecule has 9 nitrogen and oxygen atoms in total. The van der Waals surface area contributed by atoms with Gasteiger partial charge in [0.05, 0.1) is 22.2 Å². The van der Waals surface area contributed by atoms with Crippen molar-refractivity contribution in [3.05, 3.63) is 72.1 Å². The third-order valence-electron chi connectivity index (χ3n) is 9.06. The average molecular weight is 620 g/mol. The standard InChI is InChI=1S/C33H38FN5O4S/c34-24-9-10-26-28(19-24)44-32(37-26)38-29(40)21-39-15-11-25-23(20-39)8-4-5-12-33(13-16-43-17-14-33)31(42)36-27(30(41)35-25)18-22-6-2-1-3-7-22/h1-7,9-10,19,23,25,27H,8,11-18,20-21H2,(H,35,41)(H,36,42)(H,37,38,40)/t23-,25+,27+/m1/s1. The monoisotopic (exact) mass is 619 g/mol. The molecule has 3 aromatic rings. The van der Waals surface area contributed by atoms with E-state index in [1.807, 2.05) is 30.3 Å². The van der Waals surface area contributed by atoms with Gasteiger partial charge in [-0.1, -0.05) is 53.8 Å². The van der Waals surface area contributed by atoms with Crippen LogP contribution < -0.4 is 16.0 Å². The first-order valence-electron chi connectivity index (χ1n) is 15.3. The van der Waals surface area contributed by atoms with Crippen LogP contribution in [0.3, 0.4) is 0 Å². The van der Waals surface area contributed by atoms with Crippen LogP contribution in [0.1, 0.15) is 37.7 Å². The summed E-state index contributed by atoms with van der Waals surface area (Å²) in [6.45, 7) is 2.52. The number of likely N-dealkylation sites (tertiary alicyclic amines) is 1. The Hall–Kier alpha value is -3.67. The second-order valence-electron chi connectivity index (χ2n) is 12.1. The molecule has 44 heavy (non-hydrogen) atoms. The van der Waals surface area contributed by atoms with Crippen LogP contribution in [0.2, 0.25) is 0 Å². The number of rotatable bonds is 5. The van der Waals surface area contributed by atoms with Crippen molar-refractivity contribution in [3.63, 3.8) is 0 Å². The van der Waals surface area contributed by atoms with E-state index in [-0.39, 0.29) is 42.0 Å². The molecule has 3 aliphatic heterocycles. The van der Waals surface area contributed by atoms with E-state index in [0.29, 0.717) is 73.8 Å². The van der Waals surface area contributed by atoms with E-state index < -0.39 is 11.5 Å². The van der Waals surface area contributed by atoms with E-state index in [9.17, 15) is 18.8 Å². The number of aromatic nitrogens is 1. The molecule has 3 aliphatic rings. The van der Waals surface area contributed by atoms with Crippen LogP contribution >= 0.6 is 11.3 Å². The first-order chi connectivity index (χ1) is 21.4. The molecule has 2 aromatic carbocycles. The summed E-state index contributed by atoms with van der Waals surface area (Å²) in [5, 5.41) is 9.72. The summed E-state index contributed by atoms with van der Waals surface area (Å²) in [6.07, 6.45) is 7.87. The molecular formula is C33H38FN5O4S. The topological polar surface area (TPSA) is 113 Å². The van der Waals surface area contributed by atoms with Crippen LogP contribution in [0.4, 0.5) is 9.52 Å². The number of halogens is 1. The minimum atomic E-state index is -0.695. The number of piperidine rings is 1. The molecule has 4 heterocycles. The van der Waals surface area contributed by atoms with Crippen molar-refractivity contribution in [1.82, 2.24) is 20.5 Å². The second kappa shape index (κ2) is 13.5. The first-order valence-corrected chi connectivity index (χ1v) is 16.1. The van der Waals surface area contributed by atoms with Gasteiger partial charge in [0.2, 0.25) is 17.7 Å². The Morgan fingerprint density at radius 2 is 1.93 bits per heavy atom. The Balaban J connectivity index is 1.16. The molecule has 1 spiro atoms. The van der Waals surface area contributed by atoms with E-state index in [1.165, 1.54) is 23.5 Å². The van der Waals surface area contributed by atoms with Gasteiger partial charge in [0.1, 0.15) is 11.9 Å². The molecule has 0 aliphatic carbocycles. The Kier molecular flexibility index (Phi) is 9.34. The number of carbonyl (C=O) groups is 3. The van der Waals surface area contributed by atoms with E-state index >= 15 is 0 Å². The van der Waals surface area contributed by atoms with Gasteiger partial charge in [-0.25, -0.2) is 9.37 Å². The molecule has 3 N–H and O–H groups in total. The SMILES string of the molecule is O=C(CN1CC[C@@H]2NC(=O)[C@H](Cc3ccccc3)NC(=O)C3(CC=CC[C@@H]2C1)CCOCC3)Nc1nc2ccc(F)cc2s1. The molecule has 6 rings (SSSR count). The van der Waals surface area contributed by atoms with E-state index in [2.05, 4.69) is 38.0 Å². The van der Waals surface area contributed by atoms with Crippen molar-refractivity contribution in [2.75, 3.05) is 38.2 Å². The smallest absolute Gasteiger partial charge is 0.243 e. The summed E-state index contributed by atoms with van der Waals surface area (Å²) < 4.78 is 19.9. The number of hydrogen-bond donors (Lipinski definition) is 3. The molecule has 2 fully saturated rings. The zero-order valence-corrected chi connectivity index (χ0v) is 25.4. The molecule has 1 aromatic heterocycles. The van der Waals surface area contributed by atoms with Gasteiger partial charge in [-0.15, -0.1) is 0 Å². The van der Waals surface area contributed by atoms with Gasteiger partial charge in [-0.2, -0.15) is 0 Å². The predicted octanol–water partition coefficient (Wildman–Crippen LogP) is 4.05. The number of nitrogens with one attached hydrogen (secondary N) is 3. The Morgan fingerprint density at radius 3 is 2.75 bits per heavy atom. The number of thiazole rings is 1. The lowest BCUT2D eigenvalue weighted by atomic mass is 9.75. The predicted molar refractivity (Wildman–Crippen MR) is 168 cm³/mol. The fourth-order valence-corrected chi connectivity index (χ4v) is 7.42. The number of benzene rings is 2. The molecule has 3 atom stereocenters. The number of ether oxygens (including phenoxy) is 1. The highest BCUT2D eigenvalue weighted by Crippen LogP contribution is 2.36. The molecule has 0 unspecified atom stereocenters. The zero-order valence-electron chi connectivity index (χ0n) is 24.6. The van der Waals surface area contributed by atoms with Crippen LogP contribution in [0.5, 0.6) is 0 Å². The summed E-state index contributed by atoms with van der Waals surface area (Å²) in [6, 6.07) is 13.4. The lowest BCUT2D eigenvalue weighted by Crippen LogP contribution is -2.58. The maximum atomic E-state index is 13.8. The van der Waals surface area contributed by atoms with Gasteiger partial charge >= 0.3 is 0 Å². The third-order valence-corrected chi connectivity index (χ3v) is 9.99. The van der Waals surface area contributed by atoms with Gasteiger partial charge < -0.3 is 20.7 Å². The summed E-state index contributed by atoms with van der Waals surface area (Å²) in [7, 11) is 0. The van der Waals surface area contributed by atoms with Crippen LogP contribution in [-0.2, 0) is 25.5 Å². The molecule has 0 radical (unpaired) electrons. The van der Waals surface area contributed by atoms with Gasteiger partial charge in [0.15, 0.2) is 5.13 Å². The van der Waals surface area contributed by atoms with Crippen molar-refractivity contribution in [3.8, 4) is 0 Å². The number of nitrogens with zero attached hydrogens (tertiary/aromatic N) is 2. The van der Waals surface area contributed by atoms with Crippen LogP contribution in [0.25, 0.3) is 10.2 Å². The fourth-order valence-electron chi connectivity index (χ4n) is 6.51. The Labute approximate surface area is 260 Å². The van der Waals surface area contributed by atoms with Crippen LogP contribution in [0, 0.1) is 17.2 Å². The van der Waals surface area contributed by atoms with Crippen molar-refractivity contribution >= 4 is 44.4 Å². The number of hydrogen-bond acceptors (Lipinski definition) is 7. The quantitative estimate of drug-likeness (QED) is 0.372. The van der Waals surface area contributed by atoms with Crippen molar-refractivity contribution in [1.29, 1.82) is 0 Å². The maximum absolute atomic E-state index is 13.8. The molecule has 0 saturated carbocycles. The van der Waals surface area contributed by atoms with Gasteiger partial charge in [-0.3, -0.25) is 19.3 Å². The summed E-state index contributed by atoms with van der Waals surface area (Å²) in [5.74, 6) is -0.680. The molecule has 232 valence electrons. The van der Waals surface area contributed by atoms with Crippen LogP contribution in [-0.4, -0.2) is 72.5 Å². The number of carbonyl (C=O) groups excluding carboxylic acids is 3. The number of allylic oxidation sites excluding steroid dienone is 2. The largest absolute Gasteiger partial charge is 0.381 e. The third kappa shape index (κ3) is 7.17. The molecular weight excluding hydrogens is 581 g/mol. The number of amides is 3. The molecule has 11 heteroatoms. The van der Waals surface area contributed by atoms with E-state index in [1.54, 1.807) is 6.07 Å². The molecule has 0 bridgehead atoms. The highest BCUT2D eigenvalue weighted by atomic mass is 32.1. The summed E-state index contributed by atoms with van der Waals surface area (Å²) >= 11 is 1.25. The normalized spacial score (nSPS) is 24.5. The summed E-state index contributed by atoms with van der Waals surface area (Å²) in [4.78, 5) is 47.0. The van der Waals surface area contributed by atoms with Gasteiger partial charge in [0.25, 0.3) is 0 Å². The van der Waals surface area contributed by atoms with Gasteiger partial charge in [-0.05, 0) is 61.8 Å². The molecule has 2 saturated heterocycles. The molecule has 3 amide bonds. The number of anilines is 1. The lowest BCUT2D eigenvalue weighted by molar-refractivity contribution is -0.140. The highest BCUT2D eigenvalue weighted by molar-refractivity contribution is 7.22. The summed E-state index contributed by atoms with van der Waals surface area (Å²) in [5.41, 5.74) is 1.02. The van der Waals surface area contributed by atoms with E-state index in [4.69, 9.17) is 4.74 Å². The van der Waals surface area contributed by atoms with Crippen molar-refractivity contribution in [2.45, 2.75) is 50.6 Å². The Bertz CT molecular complexity index is 1520. The lowest BCUT2D eigenvalue weighted by Gasteiger charge is -2.40. The number of fused-ring (bicyclic) bond motifs is 2. The van der Waals surface area contributed by atoms with Crippen molar-refractivity contribution in [2.24, 2.45) is 11.3 Å². The van der Waals surface area contributed by atoms with Gasteiger partial charge in [0, 0.05) is 38.8 Å². The second-order valence-corrected chi connectivity index (χ2v) is 13.1. The highest BCUT2D eigenvalue weighted by Gasteiger charge is 2.41. The van der Waals surface area contributed by atoms with Crippen molar-refractivity contribution < 1.29 is 23.5 Å². The Morgan fingerprint density at radius 1 is 1.11 bits per heavy atom. The first kappa shape index (κ1) is 30.4. The minimum absolute atomic E-state index is 0.0854. The fraction of sp³-hybridized carbons (Fsp3) is 0.455. The van der Waals surface area contributed by atoms with E-state index in [0.717, 1.165) is 12.0 Å². The minimum Gasteiger partial charge on any atom is -0.381 e. The maximum Gasteiger partial charge on any atom is 0.243 e. The zero-order chi connectivity index (χ0) is 30.5.